The van der Waals surface area contributed by atoms with Crippen molar-refractivity contribution in [2.75, 3.05) is 19.9 Å². The molecule has 1 aliphatic heterocycles. The van der Waals surface area contributed by atoms with Crippen LogP contribution in [0.4, 0.5) is 0 Å². The average Bonchev–Trinajstić information content (AvgIpc) is 3.17. The third kappa shape index (κ3) is 4.53. The molecule has 6 nitrogen and oxygen atoms in total. The van der Waals surface area contributed by atoms with Gasteiger partial charge in [0.05, 0.1) is 17.2 Å². The Hall–Kier alpha value is -1.55. The van der Waals surface area contributed by atoms with Crippen molar-refractivity contribution in [3.8, 4) is 11.5 Å². The maximum absolute atomic E-state index is 5.54. The molecule has 28 heavy (non-hydrogen) atoms. The summed E-state index contributed by atoms with van der Waals surface area (Å²) < 4.78 is 11.0. The van der Waals surface area contributed by atoms with Crippen molar-refractivity contribution in [2.24, 2.45) is 4.99 Å². The number of guanidine groups is 1. The Morgan fingerprint density at radius 2 is 2.00 bits per heavy atom. The molecule has 2 heterocycles. The molecule has 0 atom stereocenters. The van der Waals surface area contributed by atoms with Gasteiger partial charge in [-0.2, -0.15) is 0 Å². The average molecular weight is 514 g/mol. The van der Waals surface area contributed by atoms with Crippen molar-refractivity contribution >= 4 is 41.3 Å². The number of thiazole rings is 1. The molecule has 1 saturated carbocycles. The summed E-state index contributed by atoms with van der Waals surface area (Å²) in [6.07, 6.45) is 2.35. The van der Waals surface area contributed by atoms with Gasteiger partial charge in [-0.3, -0.25) is 0 Å². The summed E-state index contributed by atoms with van der Waals surface area (Å²) in [5, 5.41) is 7.98. The molecule has 152 valence electrons. The van der Waals surface area contributed by atoms with Crippen molar-refractivity contribution in [3.63, 3.8) is 0 Å². The Kier molecular flexibility index (Phi) is 6.69. The molecular weight excluding hydrogens is 487 g/mol. The molecular formula is C20H27IN4O2S. The van der Waals surface area contributed by atoms with Gasteiger partial charge in [0, 0.05) is 23.4 Å². The molecule has 0 spiro atoms. The fraction of sp³-hybridized carbons (Fsp3) is 0.500. The number of hydrogen-bond acceptors (Lipinski definition) is 5. The van der Waals surface area contributed by atoms with E-state index in [-0.39, 0.29) is 29.4 Å². The van der Waals surface area contributed by atoms with Crippen molar-refractivity contribution in [3.05, 3.63) is 39.3 Å². The second-order valence-electron chi connectivity index (χ2n) is 7.14. The molecule has 0 radical (unpaired) electrons. The number of ether oxygens (including phenoxy) is 2. The van der Waals surface area contributed by atoms with Crippen molar-refractivity contribution in [2.45, 2.75) is 45.6 Å². The number of fused-ring (bicyclic) bond motifs is 1. The van der Waals surface area contributed by atoms with E-state index in [1.54, 1.807) is 11.3 Å². The van der Waals surface area contributed by atoms with E-state index in [2.05, 4.69) is 34.7 Å². The zero-order chi connectivity index (χ0) is 18.9. The molecule has 1 aromatic heterocycles. The van der Waals surface area contributed by atoms with Gasteiger partial charge in [0.25, 0.3) is 0 Å². The summed E-state index contributed by atoms with van der Waals surface area (Å²) in [5.74, 6) is 2.55. The zero-order valence-electron chi connectivity index (χ0n) is 16.5. The maximum atomic E-state index is 5.54. The minimum absolute atomic E-state index is 0. The first-order chi connectivity index (χ1) is 13.1. The van der Waals surface area contributed by atoms with Crippen LogP contribution >= 0.6 is 35.3 Å². The Balaban J connectivity index is 0.00000225. The smallest absolute Gasteiger partial charge is 0.231 e. The second kappa shape index (κ2) is 8.86. The molecule has 0 saturated heterocycles. The van der Waals surface area contributed by atoms with Gasteiger partial charge in [-0.05, 0) is 51.3 Å². The van der Waals surface area contributed by atoms with Crippen LogP contribution < -0.4 is 20.1 Å². The standard InChI is InChI=1S/C20H26N4O2S.HI/c1-4-21-19(22-10-18-13(2)24-14(3)27-18)23-11-20(7-8-20)15-5-6-16-17(9-15)26-12-25-16;/h5-6,9H,4,7-8,10-12H2,1-3H3,(H2,21,22,23);1H. The lowest BCUT2D eigenvalue weighted by molar-refractivity contribution is 0.174. The number of aliphatic imine (C=N–C) groups is 1. The van der Waals surface area contributed by atoms with E-state index in [9.17, 15) is 0 Å². The molecule has 1 fully saturated rings. The number of halogens is 1. The van der Waals surface area contributed by atoms with Gasteiger partial charge in [-0.25, -0.2) is 9.98 Å². The summed E-state index contributed by atoms with van der Waals surface area (Å²) in [7, 11) is 0. The molecule has 2 N–H and O–H groups in total. The van der Waals surface area contributed by atoms with E-state index in [0.717, 1.165) is 41.2 Å². The molecule has 0 unspecified atom stereocenters. The lowest BCUT2D eigenvalue weighted by Gasteiger charge is -2.19. The van der Waals surface area contributed by atoms with Crippen molar-refractivity contribution < 1.29 is 9.47 Å². The fourth-order valence-corrected chi connectivity index (χ4v) is 4.27. The summed E-state index contributed by atoms with van der Waals surface area (Å²) in [6.45, 7) is 8.85. The Morgan fingerprint density at radius 1 is 1.21 bits per heavy atom. The van der Waals surface area contributed by atoms with Gasteiger partial charge in [0.1, 0.15) is 0 Å². The van der Waals surface area contributed by atoms with Gasteiger partial charge in [-0.1, -0.05) is 6.07 Å². The molecule has 2 aromatic rings. The normalized spacial score (nSPS) is 16.5. The Morgan fingerprint density at radius 3 is 2.68 bits per heavy atom. The van der Waals surface area contributed by atoms with Crippen LogP contribution in [0.25, 0.3) is 0 Å². The second-order valence-corrected chi connectivity index (χ2v) is 8.43. The lowest BCUT2D eigenvalue weighted by Crippen LogP contribution is -2.41. The Bertz CT molecular complexity index is 864. The van der Waals surface area contributed by atoms with Crippen LogP contribution in [0, 0.1) is 13.8 Å². The van der Waals surface area contributed by atoms with Crippen LogP contribution in [0.15, 0.2) is 23.2 Å². The van der Waals surface area contributed by atoms with Gasteiger partial charge < -0.3 is 20.1 Å². The number of aromatic nitrogens is 1. The maximum Gasteiger partial charge on any atom is 0.231 e. The van der Waals surface area contributed by atoms with Crippen molar-refractivity contribution in [1.29, 1.82) is 0 Å². The number of hydrogen-bond donors (Lipinski definition) is 2. The summed E-state index contributed by atoms with van der Waals surface area (Å²) in [4.78, 5) is 10.5. The number of benzene rings is 1. The fourth-order valence-electron chi connectivity index (χ4n) is 3.41. The quantitative estimate of drug-likeness (QED) is 0.348. The van der Waals surface area contributed by atoms with E-state index >= 15 is 0 Å². The van der Waals surface area contributed by atoms with Crippen LogP contribution in [0.5, 0.6) is 11.5 Å². The number of nitrogens with zero attached hydrogens (tertiary/aromatic N) is 2. The monoisotopic (exact) mass is 514 g/mol. The molecule has 1 aliphatic carbocycles. The third-order valence-corrected chi connectivity index (χ3v) is 6.21. The van der Waals surface area contributed by atoms with Crippen LogP contribution in [0.2, 0.25) is 0 Å². The van der Waals surface area contributed by atoms with E-state index in [0.29, 0.717) is 13.3 Å². The van der Waals surface area contributed by atoms with Gasteiger partial charge in [-0.15, -0.1) is 35.3 Å². The highest BCUT2D eigenvalue weighted by atomic mass is 127. The topological polar surface area (TPSA) is 67.8 Å². The molecule has 8 heteroatoms. The van der Waals surface area contributed by atoms with Crippen molar-refractivity contribution in [1.82, 2.24) is 15.6 Å². The van der Waals surface area contributed by atoms with Gasteiger partial charge in [0.15, 0.2) is 17.5 Å². The molecule has 4 rings (SSSR count). The predicted molar refractivity (Wildman–Crippen MR) is 123 cm³/mol. The van der Waals surface area contributed by atoms with E-state index < -0.39 is 0 Å². The Labute approximate surface area is 187 Å². The van der Waals surface area contributed by atoms with E-state index in [4.69, 9.17) is 14.5 Å². The zero-order valence-corrected chi connectivity index (χ0v) is 19.6. The number of rotatable bonds is 6. The van der Waals surface area contributed by atoms with Crippen LogP contribution in [0.1, 0.15) is 40.9 Å². The highest BCUT2D eigenvalue weighted by molar-refractivity contribution is 14.0. The first-order valence-corrected chi connectivity index (χ1v) is 10.3. The lowest BCUT2D eigenvalue weighted by atomic mass is 9.95. The third-order valence-electron chi connectivity index (χ3n) is 5.16. The predicted octanol–water partition coefficient (Wildman–Crippen LogP) is 3.89. The van der Waals surface area contributed by atoms with Gasteiger partial charge >= 0.3 is 0 Å². The van der Waals surface area contributed by atoms with Crippen LogP contribution in [0.3, 0.4) is 0 Å². The van der Waals surface area contributed by atoms with Crippen LogP contribution in [-0.4, -0.2) is 30.8 Å². The molecule has 2 aliphatic rings. The number of aryl methyl sites for hydroxylation is 2. The first kappa shape index (κ1) is 21.2. The van der Waals surface area contributed by atoms with Gasteiger partial charge in [0.2, 0.25) is 6.79 Å². The highest BCUT2D eigenvalue weighted by Gasteiger charge is 2.44. The summed E-state index contributed by atoms with van der Waals surface area (Å²) in [6, 6.07) is 6.31. The minimum Gasteiger partial charge on any atom is -0.454 e. The molecule has 0 amide bonds. The first-order valence-electron chi connectivity index (χ1n) is 9.45. The van der Waals surface area contributed by atoms with Crippen LogP contribution in [-0.2, 0) is 12.0 Å². The number of nitrogens with one attached hydrogen (secondary N) is 2. The molecule has 0 bridgehead atoms. The highest BCUT2D eigenvalue weighted by Crippen LogP contribution is 2.49. The summed E-state index contributed by atoms with van der Waals surface area (Å²) in [5.41, 5.74) is 2.55. The largest absolute Gasteiger partial charge is 0.454 e. The minimum atomic E-state index is 0. The van der Waals surface area contributed by atoms with E-state index in [1.165, 1.54) is 23.3 Å². The SMILES string of the molecule is CCNC(=NCc1sc(C)nc1C)NCC1(c2ccc3c(c2)OCO3)CC1.I. The van der Waals surface area contributed by atoms with E-state index in [1.807, 2.05) is 19.9 Å². The molecule has 1 aromatic carbocycles. The summed E-state index contributed by atoms with van der Waals surface area (Å²) >= 11 is 1.72.